The molecule has 3 aromatic rings. The molecule has 1 aliphatic rings. The monoisotopic (exact) mass is 439 g/mol. The molecule has 1 aliphatic heterocycles. The van der Waals surface area contributed by atoms with Crippen molar-refractivity contribution in [2.24, 2.45) is 5.10 Å². The van der Waals surface area contributed by atoms with E-state index in [1.807, 2.05) is 61.5 Å². The summed E-state index contributed by atoms with van der Waals surface area (Å²) in [5.74, 6) is 0. The zero-order chi connectivity index (χ0) is 21.3. The van der Waals surface area contributed by atoms with Crippen molar-refractivity contribution in [3.05, 3.63) is 95.0 Å². The second-order valence-corrected chi connectivity index (χ2v) is 9.53. The van der Waals surface area contributed by atoms with Gasteiger partial charge in [0.05, 0.1) is 16.6 Å². The van der Waals surface area contributed by atoms with Crippen molar-refractivity contribution in [2.75, 3.05) is 19.0 Å². The van der Waals surface area contributed by atoms with Crippen LogP contribution in [0.25, 0.3) is 0 Å². The van der Waals surface area contributed by atoms with Crippen molar-refractivity contribution in [2.45, 2.75) is 17.4 Å². The molecule has 1 heterocycles. The number of hydrogen-bond donors (Lipinski definition) is 0. The standard InChI is InChI=1S/C23H22ClN3O2S/c1-26(2)18-14-12-17(13-15-18)23-16-22(20-10-6-7-11-21(20)24)25-27(23)30(28,29)19-8-4-3-5-9-19/h3-15,23H,16H2,1-2H3. The van der Waals surface area contributed by atoms with Gasteiger partial charge in [0.2, 0.25) is 0 Å². The number of hydrogen-bond acceptors (Lipinski definition) is 4. The Morgan fingerprint density at radius 2 is 1.57 bits per heavy atom. The van der Waals surface area contributed by atoms with Gasteiger partial charge in [0.1, 0.15) is 0 Å². The van der Waals surface area contributed by atoms with Crippen LogP contribution >= 0.6 is 11.6 Å². The first kappa shape index (κ1) is 20.4. The van der Waals surface area contributed by atoms with Crippen molar-refractivity contribution in [1.29, 1.82) is 0 Å². The smallest absolute Gasteiger partial charge is 0.279 e. The fourth-order valence-corrected chi connectivity index (χ4v) is 5.21. The number of hydrazone groups is 1. The average Bonchev–Trinajstić information content (AvgIpc) is 3.21. The van der Waals surface area contributed by atoms with Crippen molar-refractivity contribution < 1.29 is 8.42 Å². The quantitative estimate of drug-likeness (QED) is 0.565. The largest absolute Gasteiger partial charge is 0.378 e. The normalized spacial score (nSPS) is 16.4. The molecule has 0 saturated heterocycles. The van der Waals surface area contributed by atoms with Crippen molar-refractivity contribution >= 4 is 33.0 Å². The lowest BCUT2D eigenvalue weighted by atomic mass is 9.99. The third-order valence-electron chi connectivity index (χ3n) is 5.14. The van der Waals surface area contributed by atoms with Gasteiger partial charge < -0.3 is 4.90 Å². The lowest BCUT2D eigenvalue weighted by Crippen LogP contribution is -2.27. The number of anilines is 1. The molecule has 1 atom stereocenters. The first-order chi connectivity index (χ1) is 14.4. The third-order valence-corrected chi connectivity index (χ3v) is 7.17. The number of rotatable bonds is 5. The van der Waals surface area contributed by atoms with Gasteiger partial charge in [-0.15, -0.1) is 0 Å². The minimum atomic E-state index is -3.82. The highest BCUT2D eigenvalue weighted by molar-refractivity contribution is 7.89. The summed E-state index contributed by atoms with van der Waals surface area (Å²) in [4.78, 5) is 2.21. The van der Waals surface area contributed by atoms with Gasteiger partial charge in [-0.2, -0.15) is 17.9 Å². The van der Waals surface area contributed by atoms with Crippen molar-refractivity contribution in [1.82, 2.24) is 4.41 Å². The molecule has 30 heavy (non-hydrogen) atoms. The molecule has 0 spiro atoms. The fourth-order valence-electron chi connectivity index (χ4n) is 3.51. The van der Waals surface area contributed by atoms with E-state index in [2.05, 4.69) is 5.10 Å². The molecule has 1 unspecified atom stereocenters. The summed E-state index contributed by atoms with van der Waals surface area (Å²) in [5.41, 5.74) is 3.33. The van der Waals surface area contributed by atoms with E-state index in [1.54, 1.807) is 36.4 Å². The van der Waals surface area contributed by atoms with E-state index < -0.39 is 16.1 Å². The molecule has 7 heteroatoms. The van der Waals surface area contributed by atoms with Crippen LogP contribution in [0, 0.1) is 0 Å². The fraction of sp³-hybridized carbons (Fsp3) is 0.174. The van der Waals surface area contributed by atoms with Gasteiger partial charge in [-0.25, -0.2) is 0 Å². The molecule has 5 nitrogen and oxygen atoms in total. The highest BCUT2D eigenvalue weighted by Gasteiger charge is 2.38. The Kier molecular flexibility index (Phi) is 5.54. The Hall–Kier alpha value is -2.83. The summed E-state index contributed by atoms with van der Waals surface area (Å²) in [6.07, 6.45) is 0.442. The maximum Gasteiger partial charge on any atom is 0.279 e. The number of benzene rings is 3. The van der Waals surface area contributed by atoms with Crippen LogP contribution in [0.2, 0.25) is 5.02 Å². The van der Waals surface area contributed by atoms with Gasteiger partial charge in [0.25, 0.3) is 10.0 Å². The second kappa shape index (κ2) is 8.13. The van der Waals surface area contributed by atoms with Crippen LogP contribution in [-0.4, -0.2) is 32.6 Å². The summed E-state index contributed by atoms with van der Waals surface area (Å²) < 4.78 is 28.1. The molecule has 0 bridgehead atoms. The van der Waals surface area contributed by atoms with E-state index in [0.29, 0.717) is 17.2 Å². The predicted molar refractivity (Wildman–Crippen MR) is 122 cm³/mol. The van der Waals surface area contributed by atoms with Gasteiger partial charge in [0.15, 0.2) is 0 Å². The van der Waals surface area contributed by atoms with Crippen LogP contribution in [0.4, 0.5) is 5.69 Å². The Balaban J connectivity index is 1.79. The third kappa shape index (κ3) is 3.80. The molecular formula is C23H22ClN3O2S. The van der Waals surface area contributed by atoms with Crippen molar-refractivity contribution in [3.8, 4) is 0 Å². The summed E-state index contributed by atoms with van der Waals surface area (Å²) in [7, 11) is 0.111. The van der Waals surface area contributed by atoms with Gasteiger partial charge >= 0.3 is 0 Å². The molecule has 154 valence electrons. The molecule has 0 amide bonds. The highest BCUT2D eigenvalue weighted by Crippen LogP contribution is 2.38. The molecular weight excluding hydrogens is 418 g/mol. The van der Waals surface area contributed by atoms with Gasteiger partial charge in [-0.1, -0.05) is 60.1 Å². The molecule has 0 saturated carbocycles. The molecule has 0 aromatic heterocycles. The Labute approximate surface area is 182 Å². The van der Waals surface area contributed by atoms with Gasteiger partial charge in [-0.3, -0.25) is 0 Å². The number of sulfonamides is 1. The van der Waals surface area contributed by atoms with Crippen LogP contribution in [0.3, 0.4) is 0 Å². The lowest BCUT2D eigenvalue weighted by molar-refractivity contribution is 0.371. The predicted octanol–water partition coefficient (Wildman–Crippen LogP) is 4.95. The average molecular weight is 440 g/mol. The second-order valence-electron chi connectivity index (χ2n) is 7.32. The van der Waals surface area contributed by atoms with E-state index in [1.165, 1.54) is 4.41 Å². The van der Waals surface area contributed by atoms with Crippen molar-refractivity contribution in [3.63, 3.8) is 0 Å². The van der Waals surface area contributed by atoms with Crippen LogP contribution in [0.15, 0.2) is 88.9 Å². The zero-order valence-corrected chi connectivity index (χ0v) is 18.3. The number of nitrogens with zero attached hydrogens (tertiary/aromatic N) is 3. The summed E-state index contributed by atoms with van der Waals surface area (Å²) in [6.45, 7) is 0. The van der Waals surface area contributed by atoms with E-state index in [-0.39, 0.29) is 4.90 Å². The minimum absolute atomic E-state index is 0.212. The number of halogens is 1. The summed E-state index contributed by atoms with van der Waals surface area (Å²) in [5, 5.41) is 5.10. The Morgan fingerprint density at radius 1 is 0.933 bits per heavy atom. The highest BCUT2D eigenvalue weighted by atomic mass is 35.5. The Morgan fingerprint density at radius 3 is 2.20 bits per heavy atom. The van der Waals surface area contributed by atoms with Gasteiger partial charge in [-0.05, 0) is 35.9 Å². The maximum atomic E-state index is 13.4. The van der Waals surface area contributed by atoms with E-state index in [9.17, 15) is 8.42 Å². The molecule has 0 N–H and O–H groups in total. The molecule has 0 aliphatic carbocycles. The van der Waals surface area contributed by atoms with Crippen LogP contribution in [0.1, 0.15) is 23.6 Å². The van der Waals surface area contributed by atoms with Crippen LogP contribution in [0.5, 0.6) is 0 Å². The first-order valence-electron chi connectivity index (χ1n) is 9.57. The lowest BCUT2D eigenvalue weighted by Gasteiger charge is -2.24. The molecule has 0 fully saturated rings. The zero-order valence-electron chi connectivity index (χ0n) is 16.7. The topological polar surface area (TPSA) is 53.0 Å². The molecule has 0 radical (unpaired) electrons. The van der Waals surface area contributed by atoms with E-state index in [4.69, 9.17) is 11.6 Å². The minimum Gasteiger partial charge on any atom is -0.378 e. The van der Waals surface area contributed by atoms with E-state index >= 15 is 0 Å². The summed E-state index contributed by atoms with van der Waals surface area (Å²) in [6, 6.07) is 23.2. The molecule has 4 rings (SSSR count). The first-order valence-corrected chi connectivity index (χ1v) is 11.4. The van der Waals surface area contributed by atoms with Crippen LogP contribution < -0.4 is 4.90 Å². The van der Waals surface area contributed by atoms with Crippen LogP contribution in [-0.2, 0) is 10.0 Å². The summed E-state index contributed by atoms with van der Waals surface area (Å²) >= 11 is 6.38. The molecule has 3 aromatic carbocycles. The SMILES string of the molecule is CN(C)c1ccc(C2CC(c3ccccc3Cl)=NN2S(=O)(=O)c2ccccc2)cc1. The Bertz CT molecular complexity index is 1180. The maximum absolute atomic E-state index is 13.4. The van der Waals surface area contributed by atoms with Gasteiger partial charge in [0, 0.05) is 36.8 Å². The van der Waals surface area contributed by atoms with E-state index in [0.717, 1.165) is 16.8 Å².